The molecule has 0 bridgehead atoms. The molecule has 2 aromatic carbocycles. The number of aliphatic hydroxyl groups excluding tert-OH is 1. The first-order valence-corrected chi connectivity index (χ1v) is 9.12. The van der Waals surface area contributed by atoms with Crippen molar-refractivity contribution < 1.29 is 19.4 Å². The molecule has 0 fully saturated rings. The summed E-state index contributed by atoms with van der Waals surface area (Å²) >= 11 is 0. The Kier molecular flexibility index (Phi) is 6.14. The maximum absolute atomic E-state index is 12.3. The van der Waals surface area contributed by atoms with Crippen LogP contribution in [-0.4, -0.2) is 35.1 Å². The van der Waals surface area contributed by atoms with E-state index in [1.165, 1.54) is 13.0 Å². The van der Waals surface area contributed by atoms with E-state index in [4.69, 9.17) is 4.74 Å². The smallest absolute Gasteiger partial charge is 0.343 e. The number of carbonyl (C=O) groups is 2. The summed E-state index contributed by atoms with van der Waals surface area (Å²) in [6.45, 7) is 3.23. The molecule has 0 atom stereocenters. The van der Waals surface area contributed by atoms with Gasteiger partial charge in [0.2, 0.25) is 0 Å². The number of benzene rings is 2. The molecular weight excluding hydrogens is 368 g/mol. The number of hydrogen-bond donors (Lipinski definition) is 1. The van der Waals surface area contributed by atoms with E-state index < -0.39 is 11.9 Å². The van der Waals surface area contributed by atoms with Gasteiger partial charge in [0, 0.05) is 17.2 Å². The average Bonchev–Trinajstić information content (AvgIpc) is 3.05. The third kappa shape index (κ3) is 4.55. The SMILES string of the molecule is CCOC(=O)C(C1=NC(=NC(=O)C=Cc2ccccc2)c2ccccc21)=C(C)O. The molecule has 0 unspecified atom stereocenters. The molecule has 1 heterocycles. The first kappa shape index (κ1) is 19.9. The van der Waals surface area contributed by atoms with Crippen LogP contribution >= 0.6 is 0 Å². The summed E-state index contributed by atoms with van der Waals surface area (Å²) in [7, 11) is 0. The minimum atomic E-state index is -0.683. The van der Waals surface area contributed by atoms with Crippen LogP contribution in [0.2, 0.25) is 0 Å². The topological polar surface area (TPSA) is 88.3 Å². The van der Waals surface area contributed by atoms with Crippen LogP contribution < -0.4 is 0 Å². The molecule has 1 aliphatic heterocycles. The second-order valence-electron chi connectivity index (χ2n) is 6.20. The van der Waals surface area contributed by atoms with Crippen LogP contribution in [0.1, 0.15) is 30.5 Å². The zero-order chi connectivity index (χ0) is 20.8. The molecule has 0 aromatic heterocycles. The highest BCUT2D eigenvalue weighted by Gasteiger charge is 2.30. The average molecular weight is 388 g/mol. The summed E-state index contributed by atoms with van der Waals surface area (Å²) in [4.78, 5) is 33.1. The number of nitrogens with zero attached hydrogens (tertiary/aromatic N) is 2. The van der Waals surface area contributed by atoms with Crippen LogP contribution in [0.15, 0.2) is 82.0 Å². The van der Waals surface area contributed by atoms with E-state index in [0.29, 0.717) is 11.1 Å². The third-order valence-electron chi connectivity index (χ3n) is 4.15. The molecule has 1 aliphatic rings. The van der Waals surface area contributed by atoms with Gasteiger partial charge >= 0.3 is 5.97 Å². The number of rotatable bonds is 5. The molecule has 6 nitrogen and oxygen atoms in total. The van der Waals surface area contributed by atoms with Crippen LogP contribution in [0.25, 0.3) is 6.08 Å². The van der Waals surface area contributed by atoms with Crippen molar-refractivity contribution in [3.8, 4) is 0 Å². The molecule has 1 amide bonds. The number of aliphatic imine (C=N–C) groups is 2. The van der Waals surface area contributed by atoms with Gasteiger partial charge in [-0.15, -0.1) is 0 Å². The molecule has 6 heteroatoms. The number of fused-ring (bicyclic) bond motifs is 1. The number of allylic oxidation sites excluding steroid dienone is 1. The largest absolute Gasteiger partial charge is 0.512 e. The Balaban J connectivity index is 1.98. The minimum absolute atomic E-state index is 0.0447. The van der Waals surface area contributed by atoms with Crippen molar-refractivity contribution in [2.75, 3.05) is 6.61 Å². The second kappa shape index (κ2) is 8.93. The van der Waals surface area contributed by atoms with Crippen molar-refractivity contribution in [1.82, 2.24) is 0 Å². The van der Waals surface area contributed by atoms with Gasteiger partial charge in [-0.05, 0) is 25.5 Å². The predicted molar refractivity (Wildman–Crippen MR) is 112 cm³/mol. The van der Waals surface area contributed by atoms with Gasteiger partial charge in [-0.25, -0.2) is 9.79 Å². The van der Waals surface area contributed by atoms with Gasteiger partial charge in [0.25, 0.3) is 5.91 Å². The quantitative estimate of drug-likeness (QED) is 0.478. The molecule has 2 aromatic rings. The Labute approximate surface area is 168 Å². The fourth-order valence-corrected chi connectivity index (χ4v) is 2.88. The summed E-state index contributed by atoms with van der Waals surface area (Å²) < 4.78 is 5.04. The van der Waals surface area contributed by atoms with Crippen molar-refractivity contribution >= 4 is 29.5 Å². The molecule has 146 valence electrons. The number of amides is 1. The molecule has 29 heavy (non-hydrogen) atoms. The van der Waals surface area contributed by atoms with E-state index in [1.54, 1.807) is 37.3 Å². The van der Waals surface area contributed by atoms with Crippen molar-refractivity contribution in [1.29, 1.82) is 0 Å². The fraction of sp³-hybridized carbons (Fsp3) is 0.130. The lowest BCUT2D eigenvalue weighted by Gasteiger charge is -2.08. The third-order valence-corrected chi connectivity index (χ3v) is 4.15. The van der Waals surface area contributed by atoms with Gasteiger partial charge in [-0.1, -0.05) is 54.6 Å². The maximum Gasteiger partial charge on any atom is 0.343 e. The van der Waals surface area contributed by atoms with Crippen molar-refractivity contribution in [2.24, 2.45) is 9.98 Å². The van der Waals surface area contributed by atoms with Crippen molar-refractivity contribution in [2.45, 2.75) is 13.8 Å². The second-order valence-corrected chi connectivity index (χ2v) is 6.20. The number of hydrogen-bond acceptors (Lipinski definition) is 4. The van der Waals surface area contributed by atoms with Gasteiger partial charge in [-0.2, -0.15) is 4.99 Å². The van der Waals surface area contributed by atoms with Crippen molar-refractivity contribution in [3.05, 3.63) is 88.7 Å². The molecule has 1 N–H and O–H groups in total. The first-order chi connectivity index (χ1) is 14.0. The standard InChI is InChI=1S/C23H20N2O4/c1-3-29-23(28)20(15(2)26)21-17-11-7-8-12-18(17)22(25-21)24-19(27)14-13-16-9-5-4-6-10-16/h4-14,26H,3H2,1-2H3. The lowest BCUT2D eigenvalue weighted by atomic mass is 9.99. The molecule has 0 saturated heterocycles. The monoisotopic (exact) mass is 388 g/mol. The van der Waals surface area contributed by atoms with Crippen LogP contribution in [0.5, 0.6) is 0 Å². The van der Waals surface area contributed by atoms with Crippen LogP contribution in [0.3, 0.4) is 0 Å². The number of esters is 1. The Morgan fingerprint density at radius 1 is 1.07 bits per heavy atom. The molecule has 3 rings (SSSR count). The zero-order valence-electron chi connectivity index (χ0n) is 16.1. The van der Waals surface area contributed by atoms with Crippen molar-refractivity contribution in [3.63, 3.8) is 0 Å². The van der Waals surface area contributed by atoms with Crippen LogP contribution in [0, 0.1) is 0 Å². The number of carbonyl (C=O) groups excluding carboxylic acids is 2. The van der Waals surface area contributed by atoms with E-state index in [0.717, 1.165) is 5.56 Å². The van der Waals surface area contributed by atoms with E-state index in [9.17, 15) is 14.7 Å². The molecule has 0 spiro atoms. The number of ether oxygens (including phenoxy) is 1. The summed E-state index contributed by atoms with van der Waals surface area (Å²) in [5, 5.41) is 10.1. The maximum atomic E-state index is 12.3. The highest BCUT2D eigenvalue weighted by molar-refractivity contribution is 6.36. The molecular formula is C23H20N2O4. The van der Waals surface area contributed by atoms with Gasteiger partial charge in [0.15, 0.2) is 5.84 Å². The lowest BCUT2D eigenvalue weighted by molar-refractivity contribution is -0.138. The van der Waals surface area contributed by atoms with Gasteiger partial charge in [-0.3, -0.25) is 4.79 Å². The van der Waals surface area contributed by atoms with Crippen LogP contribution in [0.4, 0.5) is 0 Å². The van der Waals surface area contributed by atoms with E-state index >= 15 is 0 Å². The van der Waals surface area contributed by atoms with Gasteiger partial charge in [0.1, 0.15) is 11.3 Å². The Morgan fingerprint density at radius 2 is 1.72 bits per heavy atom. The predicted octanol–water partition coefficient (Wildman–Crippen LogP) is 3.87. The zero-order valence-corrected chi connectivity index (χ0v) is 16.1. The summed E-state index contributed by atoms with van der Waals surface area (Å²) in [6.07, 6.45) is 3.03. The van der Waals surface area contributed by atoms with Gasteiger partial charge in [0.05, 0.1) is 12.3 Å². The first-order valence-electron chi connectivity index (χ1n) is 9.12. The summed E-state index contributed by atoms with van der Waals surface area (Å²) in [5.74, 6) is -1.20. The number of aliphatic hydroxyl groups is 1. The van der Waals surface area contributed by atoms with E-state index in [-0.39, 0.29) is 29.5 Å². The molecule has 0 radical (unpaired) electrons. The highest BCUT2D eigenvalue weighted by Crippen LogP contribution is 2.25. The highest BCUT2D eigenvalue weighted by atomic mass is 16.5. The normalized spacial score (nSPS) is 15.1. The summed E-state index contributed by atoms with van der Waals surface area (Å²) in [5.41, 5.74) is 2.27. The van der Waals surface area contributed by atoms with E-state index in [1.807, 2.05) is 30.3 Å². The minimum Gasteiger partial charge on any atom is -0.512 e. The van der Waals surface area contributed by atoms with Crippen LogP contribution in [-0.2, 0) is 14.3 Å². The number of amidine groups is 1. The van der Waals surface area contributed by atoms with E-state index in [2.05, 4.69) is 9.98 Å². The summed E-state index contributed by atoms with van der Waals surface area (Å²) in [6, 6.07) is 16.5. The molecule has 0 aliphatic carbocycles. The van der Waals surface area contributed by atoms with Gasteiger partial charge < -0.3 is 9.84 Å². The molecule has 0 saturated carbocycles. The Hall–Kier alpha value is -3.80. The lowest BCUT2D eigenvalue weighted by Crippen LogP contribution is -2.18. The Bertz CT molecular complexity index is 1060. The Morgan fingerprint density at radius 3 is 2.38 bits per heavy atom. The fourth-order valence-electron chi connectivity index (χ4n) is 2.88.